The van der Waals surface area contributed by atoms with Crippen LogP contribution in [0.3, 0.4) is 0 Å². The molecule has 0 atom stereocenters. The maximum absolute atomic E-state index is 9.87. The lowest BCUT2D eigenvalue weighted by Gasteiger charge is -1.91. The number of rotatable bonds is 7. The molecule has 0 rings (SSSR count). The van der Waals surface area contributed by atoms with Crippen molar-refractivity contribution in [2.45, 2.75) is 25.7 Å². The Kier molecular flexibility index (Phi) is 9.82. The highest BCUT2D eigenvalue weighted by Gasteiger charge is 2.07. The summed E-state index contributed by atoms with van der Waals surface area (Å²) in [5.41, 5.74) is -0.303. The van der Waals surface area contributed by atoms with Gasteiger partial charge in [-0.15, -0.1) is 0 Å². The average Bonchev–Trinajstić information content (AvgIpc) is 2.15. The molecule has 4 N–H and O–H groups in total. The van der Waals surface area contributed by atoms with Crippen molar-refractivity contribution in [3.05, 3.63) is 12.2 Å². The molecule has 0 radical (unpaired) electrons. The second-order valence-corrected chi connectivity index (χ2v) is 3.12. The van der Waals surface area contributed by atoms with Gasteiger partial charge in [0.15, 0.2) is 0 Å². The van der Waals surface area contributed by atoms with Crippen molar-refractivity contribution in [3.8, 4) is 0 Å². The molecule has 0 saturated carbocycles. The quantitative estimate of drug-likeness (QED) is 0.482. The molecule has 0 spiro atoms. The third-order valence-electron chi connectivity index (χ3n) is 1.45. The summed E-state index contributed by atoms with van der Waals surface area (Å²) in [6, 6.07) is 0. The molecule has 18 heavy (non-hydrogen) atoms. The van der Waals surface area contributed by atoms with Gasteiger partial charge in [0.25, 0.3) is 0 Å². The molecule has 0 aliphatic carbocycles. The standard InChI is InChI=1S/C5H6O4.C5H8O4/c1-3(5(8)9)2-4(6)7;6-4(7)2-1-3-5(8)9/h1-2H2,(H,6,7)(H,8,9);1-3H2,(H,6,7)(H,8,9). The van der Waals surface area contributed by atoms with E-state index in [1.807, 2.05) is 0 Å². The Labute approximate surface area is 102 Å². The summed E-state index contributed by atoms with van der Waals surface area (Å²) in [7, 11) is 0. The largest absolute Gasteiger partial charge is 0.481 e. The number of hydrogen-bond donors (Lipinski definition) is 4. The van der Waals surface area contributed by atoms with Crippen LogP contribution in [0.5, 0.6) is 0 Å². The fraction of sp³-hybridized carbons (Fsp3) is 0.400. The van der Waals surface area contributed by atoms with Crippen LogP contribution in [0.25, 0.3) is 0 Å². The van der Waals surface area contributed by atoms with Crippen LogP contribution in [-0.2, 0) is 19.2 Å². The molecule has 102 valence electrons. The van der Waals surface area contributed by atoms with Gasteiger partial charge in [0.05, 0.1) is 6.42 Å². The lowest BCUT2D eigenvalue weighted by molar-refractivity contribution is -0.139. The van der Waals surface area contributed by atoms with Crippen LogP contribution in [0.4, 0.5) is 0 Å². The first-order valence-corrected chi connectivity index (χ1v) is 4.73. The molecular formula is C10H14O8. The summed E-state index contributed by atoms with van der Waals surface area (Å²) < 4.78 is 0. The molecular weight excluding hydrogens is 248 g/mol. The molecule has 0 heterocycles. The van der Waals surface area contributed by atoms with E-state index in [0.29, 0.717) is 0 Å². The minimum atomic E-state index is -1.27. The molecule has 8 nitrogen and oxygen atoms in total. The Morgan fingerprint density at radius 3 is 1.33 bits per heavy atom. The Bertz CT molecular complexity index is 330. The molecule has 8 heteroatoms. The van der Waals surface area contributed by atoms with Crippen LogP contribution in [0.2, 0.25) is 0 Å². The first-order chi connectivity index (χ1) is 8.16. The zero-order valence-corrected chi connectivity index (χ0v) is 9.46. The predicted octanol–water partition coefficient (Wildman–Crippen LogP) is 0.428. The Morgan fingerprint density at radius 1 is 0.778 bits per heavy atom. The van der Waals surface area contributed by atoms with E-state index < -0.39 is 30.3 Å². The van der Waals surface area contributed by atoms with Crippen molar-refractivity contribution < 1.29 is 39.6 Å². The zero-order chi connectivity index (χ0) is 14.7. The number of hydrogen-bond acceptors (Lipinski definition) is 4. The topological polar surface area (TPSA) is 149 Å². The third kappa shape index (κ3) is 16.1. The second kappa shape index (κ2) is 9.82. The average molecular weight is 262 g/mol. The maximum atomic E-state index is 9.87. The smallest absolute Gasteiger partial charge is 0.331 e. The summed E-state index contributed by atoms with van der Waals surface area (Å²) in [6.07, 6.45) is -0.418. The summed E-state index contributed by atoms with van der Waals surface area (Å²) in [5.74, 6) is -4.34. The van der Waals surface area contributed by atoms with Crippen LogP contribution in [0.1, 0.15) is 25.7 Å². The molecule has 0 aromatic heterocycles. The Morgan fingerprint density at radius 2 is 1.17 bits per heavy atom. The first kappa shape index (κ1) is 18.0. The van der Waals surface area contributed by atoms with Crippen molar-refractivity contribution >= 4 is 23.9 Å². The molecule has 0 saturated heterocycles. The first-order valence-electron chi connectivity index (χ1n) is 4.73. The highest BCUT2D eigenvalue weighted by molar-refractivity contribution is 5.91. The molecule has 0 aromatic rings. The molecule has 0 fully saturated rings. The van der Waals surface area contributed by atoms with E-state index in [9.17, 15) is 19.2 Å². The summed E-state index contributed by atoms with van der Waals surface area (Å²) in [4.78, 5) is 39.2. The molecule has 0 unspecified atom stereocenters. The summed E-state index contributed by atoms with van der Waals surface area (Å²) >= 11 is 0. The zero-order valence-electron chi connectivity index (χ0n) is 9.46. The summed E-state index contributed by atoms with van der Waals surface area (Å²) in [6.45, 7) is 3.01. The number of carboxylic acids is 4. The summed E-state index contributed by atoms with van der Waals surface area (Å²) in [5, 5.41) is 32.1. The minimum Gasteiger partial charge on any atom is -0.481 e. The number of carbonyl (C=O) groups is 4. The van der Waals surface area contributed by atoms with E-state index in [2.05, 4.69) is 6.58 Å². The van der Waals surface area contributed by atoms with Crippen LogP contribution < -0.4 is 0 Å². The fourth-order valence-electron chi connectivity index (χ4n) is 0.649. The van der Waals surface area contributed by atoms with Gasteiger partial charge in [0, 0.05) is 18.4 Å². The fourth-order valence-corrected chi connectivity index (χ4v) is 0.649. The highest BCUT2D eigenvalue weighted by atomic mass is 16.4. The van der Waals surface area contributed by atoms with E-state index in [4.69, 9.17) is 20.4 Å². The van der Waals surface area contributed by atoms with Gasteiger partial charge >= 0.3 is 23.9 Å². The van der Waals surface area contributed by atoms with Gasteiger partial charge in [-0.2, -0.15) is 0 Å². The van der Waals surface area contributed by atoms with Crippen molar-refractivity contribution in [2.75, 3.05) is 0 Å². The van der Waals surface area contributed by atoms with E-state index in [1.54, 1.807) is 0 Å². The van der Waals surface area contributed by atoms with Crippen molar-refractivity contribution in [1.29, 1.82) is 0 Å². The SMILES string of the molecule is C=C(CC(=O)O)C(=O)O.O=C(O)CCCC(=O)O. The van der Waals surface area contributed by atoms with Gasteiger partial charge in [0.1, 0.15) is 0 Å². The molecule has 0 aliphatic heterocycles. The lowest BCUT2D eigenvalue weighted by atomic mass is 10.2. The van der Waals surface area contributed by atoms with Crippen molar-refractivity contribution in [1.82, 2.24) is 0 Å². The van der Waals surface area contributed by atoms with Gasteiger partial charge in [-0.3, -0.25) is 14.4 Å². The molecule has 0 aromatic carbocycles. The Balaban J connectivity index is 0. The van der Waals surface area contributed by atoms with Crippen LogP contribution in [-0.4, -0.2) is 44.3 Å². The van der Waals surface area contributed by atoms with Gasteiger partial charge < -0.3 is 20.4 Å². The van der Waals surface area contributed by atoms with E-state index in [1.165, 1.54) is 0 Å². The number of carboxylic acid groups (broad SMARTS) is 4. The van der Waals surface area contributed by atoms with Gasteiger partial charge in [-0.25, -0.2) is 4.79 Å². The molecule has 0 aliphatic rings. The van der Waals surface area contributed by atoms with Crippen molar-refractivity contribution in [2.24, 2.45) is 0 Å². The van der Waals surface area contributed by atoms with Crippen molar-refractivity contribution in [3.63, 3.8) is 0 Å². The second-order valence-electron chi connectivity index (χ2n) is 3.12. The predicted molar refractivity (Wildman–Crippen MR) is 58.2 cm³/mol. The normalized spacial score (nSPS) is 8.67. The Hall–Kier alpha value is -2.38. The number of aliphatic carboxylic acids is 4. The minimum absolute atomic E-state index is 0.0632. The van der Waals surface area contributed by atoms with Gasteiger partial charge in [0.2, 0.25) is 0 Å². The van der Waals surface area contributed by atoms with Crippen LogP contribution in [0, 0.1) is 0 Å². The molecule has 0 bridgehead atoms. The van der Waals surface area contributed by atoms with Crippen LogP contribution in [0.15, 0.2) is 12.2 Å². The van der Waals surface area contributed by atoms with Crippen LogP contribution >= 0.6 is 0 Å². The van der Waals surface area contributed by atoms with E-state index in [0.717, 1.165) is 0 Å². The van der Waals surface area contributed by atoms with E-state index in [-0.39, 0.29) is 24.8 Å². The molecule has 0 amide bonds. The monoisotopic (exact) mass is 262 g/mol. The lowest BCUT2D eigenvalue weighted by Crippen LogP contribution is -2.04. The van der Waals surface area contributed by atoms with Gasteiger partial charge in [-0.05, 0) is 6.42 Å². The van der Waals surface area contributed by atoms with Gasteiger partial charge in [-0.1, -0.05) is 6.58 Å². The maximum Gasteiger partial charge on any atom is 0.331 e. The highest BCUT2D eigenvalue weighted by Crippen LogP contribution is 1.95. The van der Waals surface area contributed by atoms with E-state index >= 15 is 0 Å². The third-order valence-corrected chi connectivity index (χ3v) is 1.45.